The number of halogens is 3. The lowest BCUT2D eigenvalue weighted by molar-refractivity contribution is -0.137. The number of alkyl halides is 3. The molecule has 2 rings (SSSR count). The quantitative estimate of drug-likeness (QED) is 0.911. The molecule has 2 aromatic carbocycles. The van der Waals surface area contributed by atoms with Gasteiger partial charge in [0.05, 0.1) is 22.8 Å². The molecule has 0 bridgehead atoms. The third-order valence-corrected chi connectivity index (χ3v) is 3.27. The molecular weight excluding hydrogens is 323 g/mol. The fourth-order valence-electron chi connectivity index (χ4n) is 2.11. The molecule has 0 radical (unpaired) electrons. The van der Waals surface area contributed by atoms with Crippen molar-refractivity contribution < 1.29 is 27.8 Å². The summed E-state index contributed by atoms with van der Waals surface area (Å²) < 4.78 is 43.3. The summed E-state index contributed by atoms with van der Waals surface area (Å²) in [5.41, 5.74) is 0.0758. The molecule has 0 unspecified atom stereocenters. The first-order valence-electron chi connectivity index (χ1n) is 6.78. The van der Waals surface area contributed by atoms with E-state index >= 15 is 0 Å². The topological polar surface area (TPSA) is 70.3 Å². The summed E-state index contributed by atoms with van der Waals surface area (Å²) in [5.74, 6) is -0.929. The van der Waals surface area contributed by atoms with Crippen molar-refractivity contribution in [2.24, 2.45) is 0 Å². The second-order valence-corrected chi connectivity index (χ2v) is 5.10. The number of nitriles is 1. The van der Waals surface area contributed by atoms with E-state index in [1.165, 1.54) is 31.2 Å². The molecule has 0 aliphatic rings. The highest BCUT2D eigenvalue weighted by molar-refractivity contribution is 5.88. The van der Waals surface area contributed by atoms with Gasteiger partial charge in [0.15, 0.2) is 0 Å². The van der Waals surface area contributed by atoms with Crippen LogP contribution in [-0.2, 0) is 12.8 Å². The Labute approximate surface area is 135 Å². The zero-order valence-electron chi connectivity index (χ0n) is 12.5. The van der Waals surface area contributed by atoms with Crippen LogP contribution in [0.3, 0.4) is 0 Å². The summed E-state index contributed by atoms with van der Waals surface area (Å²) >= 11 is 0. The Morgan fingerprint density at radius 1 is 1.25 bits per heavy atom. The molecule has 124 valence electrons. The van der Waals surface area contributed by atoms with Crippen LogP contribution < -0.4 is 4.74 Å². The fraction of sp³-hybridized carbons (Fsp3) is 0.176. The van der Waals surface area contributed by atoms with Crippen molar-refractivity contribution in [3.8, 4) is 11.8 Å². The molecule has 7 heteroatoms. The van der Waals surface area contributed by atoms with E-state index in [1.807, 2.05) is 6.07 Å². The first kappa shape index (κ1) is 17.3. The Kier molecular flexibility index (Phi) is 4.79. The largest absolute Gasteiger partial charge is 0.489 e. The summed E-state index contributed by atoms with van der Waals surface area (Å²) in [6.07, 6.45) is -4.43. The summed E-state index contributed by atoms with van der Waals surface area (Å²) in [4.78, 5) is 11.0. The molecule has 0 atom stereocenters. The summed E-state index contributed by atoms with van der Waals surface area (Å²) in [6.45, 7) is 1.42. The minimum Gasteiger partial charge on any atom is -0.489 e. The number of carbonyl (C=O) groups is 1. The fourth-order valence-corrected chi connectivity index (χ4v) is 2.11. The van der Waals surface area contributed by atoms with Crippen molar-refractivity contribution in [3.05, 3.63) is 64.2 Å². The molecule has 0 fully saturated rings. The molecule has 0 amide bonds. The van der Waals surface area contributed by atoms with Crippen LogP contribution in [0.1, 0.15) is 32.6 Å². The molecular formula is C17H12F3NO3. The van der Waals surface area contributed by atoms with Crippen LogP contribution in [0.4, 0.5) is 13.2 Å². The van der Waals surface area contributed by atoms with Crippen molar-refractivity contribution >= 4 is 5.97 Å². The maximum absolute atomic E-state index is 12.6. The number of hydrogen-bond acceptors (Lipinski definition) is 3. The lowest BCUT2D eigenvalue weighted by atomic mass is 10.1. The average Bonchev–Trinajstić information content (AvgIpc) is 2.52. The van der Waals surface area contributed by atoms with E-state index in [1.54, 1.807) is 0 Å². The monoisotopic (exact) mass is 335 g/mol. The SMILES string of the molecule is Cc1cc(C(F)(F)F)ccc1OCc1cc(C#N)cc(C(=O)O)c1. The van der Waals surface area contributed by atoms with Crippen LogP contribution in [0.25, 0.3) is 0 Å². The number of benzene rings is 2. The third-order valence-electron chi connectivity index (χ3n) is 3.27. The first-order chi connectivity index (χ1) is 11.2. The summed E-state index contributed by atoms with van der Waals surface area (Å²) in [6, 6.07) is 9.00. The maximum Gasteiger partial charge on any atom is 0.416 e. The third kappa shape index (κ3) is 4.04. The van der Waals surface area contributed by atoms with Crippen molar-refractivity contribution in [2.45, 2.75) is 19.7 Å². The van der Waals surface area contributed by atoms with Crippen molar-refractivity contribution in [2.75, 3.05) is 0 Å². The van der Waals surface area contributed by atoms with Gasteiger partial charge in [-0.05, 0) is 54.4 Å². The van der Waals surface area contributed by atoms with Gasteiger partial charge in [0.25, 0.3) is 0 Å². The van der Waals surface area contributed by atoms with Crippen LogP contribution in [-0.4, -0.2) is 11.1 Å². The number of carboxylic acid groups (broad SMARTS) is 1. The average molecular weight is 335 g/mol. The van der Waals surface area contributed by atoms with E-state index in [2.05, 4.69) is 0 Å². The Morgan fingerprint density at radius 2 is 1.96 bits per heavy atom. The molecule has 0 aliphatic heterocycles. The van der Waals surface area contributed by atoms with Gasteiger partial charge in [-0.1, -0.05) is 0 Å². The van der Waals surface area contributed by atoms with Gasteiger partial charge >= 0.3 is 12.1 Å². The van der Waals surface area contributed by atoms with Crippen LogP contribution in [0, 0.1) is 18.3 Å². The number of ether oxygens (including phenoxy) is 1. The van der Waals surface area contributed by atoms with Gasteiger partial charge in [-0.25, -0.2) is 4.79 Å². The van der Waals surface area contributed by atoms with Gasteiger partial charge in [-0.2, -0.15) is 18.4 Å². The smallest absolute Gasteiger partial charge is 0.416 e. The first-order valence-corrected chi connectivity index (χ1v) is 6.78. The number of hydrogen-bond donors (Lipinski definition) is 1. The van der Waals surface area contributed by atoms with Crippen LogP contribution in [0.15, 0.2) is 36.4 Å². The van der Waals surface area contributed by atoms with Gasteiger partial charge in [0, 0.05) is 0 Å². The van der Waals surface area contributed by atoms with E-state index in [0.29, 0.717) is 11.1 Å². The van der Waals surface area contributed by atoms with E-state index in [4.69, 9.17) is 15.1 Å². The highest BCUT2D eigenvalue weighted by atomic mass is 19.4. The highest BCUT2D eigenvalue weighted by Gasteiger charge is 2.30. The number of aryl methyl sites for hydroxylation is 1. The minimum atomic E-state index is -4.43. The molecule has 0 spiro atoms. The van der Waals surface area contributed by atoms with Gasteiger partial charge in [0.1, 0.15) is 12.4 Å². The molecule has 0 saturated heterocycles. The number of carboxylic acids is 1. The molecule has 0 aromatic heterocycles. The summed E-state index contributed by atoms with van der Waals surface area (Å²) in [7, 11) is 0. The predicted octanol–water partition coefficient (Wildman–Crippen LogP) is 4.16. The van der Waals surface area contributed by atoms with E-state index in [0.717, 1.165) is 12.1 Å². The molecule has 24 heavy (non-hydrogen) atoms. The van der Waals surface area contributed by atoms with Gasteiger partial charge in [-0.15, -0.1) is 0 Å². The Hall–Kier alpha value is -3.01. The van der Waals surface area contributed by atoms with Gasteiger partial charge < -0.3 is 9.84 Å². The molecule has 0 saturated carbocycles. The molecule has 0 aliphatic carbocycles. The Bertz CT molecular complexity index is 823. The Balaban J connectivity index is 2.21. The van der Waals surface area contributed by atoms with E-state index < -0.39 is 17.7 Å². The summed E-state index contributed by atoms with van der Waals surface area (Å²) in [5, 5.41) is 17.9. The molecule has 1 N–H and O–H groups in total. The van der Waals surface area contributed by atoms with Gasteiger partial charge in [-0.3, -0.25) is 0 Å². The zero-order chi connectivity index (χ0) is 17.9. The number of aromatic carboxylic acids is 1. The maximum atomic E-state index is 12.6. The van der Waals surface area contributed by atoms with Crippen molar-refractivity contribution in [3.63, 3.8) is 0 Å². The lowest BCUT2D eigenvalue weighted by Crippen LogP contribution is -2.06. The number of rotatable bonds is 4. The Morgan fingerprint density at radius 3 is 2.50 bits per heavy atom. The standard InChI is InChI=1S/C17H12F3NO3/c1-10-4-14(17(18,19)20)2-3-15(10)24-9-12-5-11(8-21)6-13(7-12)16(22)23/h2-7H,9H2,1H3,(H,22,23). The normalized spacial score (nSPS) is 11.0. The minimum absolute atomic E-state index is 0.0585. The zero-order valence-corrected chi connectivity index (χ0v) is 12.5. The van der Waals surface area contributed by atoms with Gasteiger partial charge in [0.2, 0.25) is 0 Å². The number of nitrogens with zero attached hydrogens (tertiary/aromatic N) is 1. The predicted molar refractivity (Wildman–Crippen MR) is 78.6 cm³/mol. The van der Waals surface area contributed by atoms with Crippen LogP contribution in [0.5, 0.6) is 5.75 Å². The molecule has 4 nitrogen and oxygen atoms in total. The second kappa shape index (κ2) is 6.62. The second-order valence-electron chi connectivity index (χ2n) is 5.10. The van der Waals surface area contributed by atoms with Crippen molar-refractivity contribution in [1.82, 2.24) is 0 Å². The molecule has 2 aromatic rings. The van der Waals surface area contributed by atoms with Crippen molar-refractivity contribution in [1.29, 1.82) is 5.26 Å². The van der Waals surface area contributed by atoms with E-state index in [-0.39, 0.29) is 23.5 Å². The van der Waals surface area contributed by atoms with Crippen LogP contribution >= 0.6 is 0 Å². The molecule has 0 heterocycles. The lowest BCUT2D eigenvalue weighted by Gasteiger charge is -2.13. The highest BCUT2D eigenvalue weighted by Crippen LogP contribution is 2.32. The van der Waals surface area contributed by atoms with Crippen LogP contribution in [0.2, 0.25) is 0 Å². The van der Waals surface area contributed by atoms with E-state index in [9.17, 15) is 18.0 Å².